The van der Waals surface area contributed by atoms with Gasteiger partial charge >= 0.3 is 5.08 Å². The largest absolute Gasteiger partial charge is 1.00 e. The molecule has 1 aromatic carbocycles. The summed E-state index contributed by atoms with van der Waals surface area (Å²) in [7, 11) is 0. The van der Waals surface area contributed by atoms with Crippen LogP contribution in [0, 0.1) is 11.2 Å². The standard InChI is InChI=1S/C6H5FN3.FH/c7-5-1-3-6(4-2-5)9-10-8;/h1-4,9H;1H/q+1;/p-1. The van der Waals surface area contributed by atoms with Crippen LogP contribution in [0.4, 0.5) is 10.1 Å². The molecule has 1 aromatic rings. The normalized spacial score (nSPS) is 7.64. The Hall–Kier alpha value is -1.70. The molecule has 0 heterocycles. The second-order valence-corrected chi connectivity index (χ2v) is 1.72. The summed E-state index contributed by atoms with van der Waals surface area (Å²) >= 11 is 0. The number of halogens is 2. The fourth-order valence-electron chi connectivity index (χ4n) is 0.582. The highest BCUT2D eigenvalue weighted by Crippen LogP contribution is 2.07. The topological polar surface area (TPSA) is 40.2 Å². The summed E-state index contributed by atoms with van der Waals surface area (Å²) in [6, 6.07) is 5.48. The Morgan fingerprint density at radius 3 is 2.27 bits per heavy atom. The zero-order valence-electron chi connectivity index (χ0n) is 5.46. The summed E-state index contributed by atoms with van der Waals surface area (Å²) < 4.78 is 12.2. The van der Waals surface area contributed by atoms with Gasteiger partial charge in [-0.3, -0.25) is 0 Å². The zero-order chi connectivity index (χ0) is 7.40. The van der Waals surface area contributed by atoms with E-state index in [4.69, 9.17) is 5.39 Å². The number of benzene rings is 1. The first kappa shape index (κ1) is 9.30. The number of hydrogen-bond acceptors (Lipinski definition) is 2. The van der Waals surface area contributed by atoms with Crippen LogP contribution in [-0.4, -0.2) is 0 Å². The molecule has 0 aromatic heterocycles. The first-order valence-corrected chi connectivity index (χ1v) is 2.68. The lowest BCUT2D eigenvalue weighted by atomic mass is 10.3. The molecule has 1 rings (SSSR count). The van der Waals surface area contributed by atoms with E-state index in [9.17, 15) is 4.39 Å². The molecule has 0 unspecified atom stereocenters. The van der Waals surface area contributed by atoms with Crippen molar-refractivity contribution in [3.05, 3.63) is 35.2 Å². The summed E-state index contributed by atoms with van der Waals surface area (Å²) in [5, 5.41) is 10.7. The molecule has 0 aliphatic carbocycles. The minimum Gasteiger partial charge on any atom is -1.00 e. The molecule has 11 heavy (non-hydrogen) atoms. The van der Waals surface area contributed by atoms with E-state index >= 15 is 0 Å². The van der Waals surface area contributed by atoms with Crippen molar-refractivity contribution in [3.8, 4) is 0 Å². The van der Waals surface area contributed by atoms with Crippen molar-refractivity contribution in [2.45, 2.75) is 0 Å². The molecule has 58 valence electrons. The highest BCUT2D eigenvalue weighted by Gasteiger charge is 1.95. The van der Waals surface area contributed by atoms with E-state index in [1.54, 1.807) is 0 Å². The van der Waals surface area contributed by atoms with Gasteiger partial charge in [0.2, 0.25) is 0 Å². The van der Waals surface area contributed by atoms with Crippen molar-refractivity contribution in [1.82, 2.24) is 0 Å². The Bertz CT molecular complexity index is 252. The fraction of sp³-hybridized carbons (Fsp3) is 0. The molecule has 0 aliphatic rings. The Kier molecular flexibility index (Phi) is 3.52. The van der Waals surface area contributed by atoms with Crippen molar-refractivity contribution in [2.24, 2.45) is 0 Å². The van der Waals surface area contributed by atoms with E-state index in [0.29, 0.717) is 5.69 Å². The third-order valence-corrected chi connectivity index (χ3v) is 1.02. The van der Waals surface area contributed by atoms with E-state index in [0.717, 1.165) is 0 Å². The summed E-state index contributed by atoms with van der Waals surface area (Å²) in [5.41, 5.74) is 2.79. The molecule has 0 atom stereocenters. The lowest BCUT2D eigenvalue weighted by Crippen LogP contribution is -3.00. The molecule has 0 radical (unpaired) electrons. The fourth-order valence-corrected chi connectivity index (χ4v) is 0.582. The van der Waals surface area contributed by atoms with Crippen LogP contribution in [0.5, 0.6) is 0 Å². The molecule has 0 saturated heterocycles. The predicted octanol–water partition coefficient (Wildman–Crippen LogP) is -0.990. The molecule has 0 bridgehead atoms. The molecule has 0 amide bonds. The third-order valence-electron chi connectivity index (χ3n) is 1.02. The average Bonchev–Trinajstić information content (AvgIpc) is 1.95. The van der Waals surface area contributed by atoms with E-state index < -0.39 is 0 Å². The average molecular weight is 157 g/mol. The van der Waals surface area contributed by atoms with Gasteiger partial charge in [-0.25, -0.2) is 4.39 Å². The van der Waals surface area contributed by atoms with Crippen molar-refractivity contribution >= 4 is 5.69 Å². The summed E-state index contributed by atoms with van der Waals surface area (Å²) in [6.45, 7) is 0. The first-order chi connectivity index (χ1) is 4.83. The molecule has 3 nitrogen and oxygen atoms in total. The van der Waals surface area contributed by atoms with Gasteiger partial charge in [-0.05, 0) is 29.7 Å². The minimum absolute atomic E-state index is 0. The van der Waals surface area contributed by atoms with Crippen LogP contribution in [0.25, 0.3) is 5.08 Å². The monoisotopic (exact) mass is 157 g/mol. The van der Waals surface area contributed by atoms with Crippen molar-refractivity contribution in [1.29, 1.82) is 5.39 Å². The minimum atomic E-state index is -0.316. The smallest absolute Gasteiger partial charge is 0.308 e. The number of nitrogens with zero attached hydrogens (tertiary/aromatic N) is 2. The quantitative estimate of drug-likeness (QED) is 0.420. The van der Waals surface area contributed by atoms with Crippen LogP contribution >= 0.6 is 0 Å². The Morgan fingerprint density at radius 1 is 1.27 bits per heavy atom. The number of rotatable bonds is 1. The van der Waals surface area contributed by atoms with Crippen molar-refractivity contribution in [3.63, 3.8) is 0 Å². The number of nitrogens with one attached hydrogen (secondary N) is 1. The highest BCUT2D eigenvalue weighted by molar-refractivity contribution is 5.43. The Labute approximate surface area is 61.8 Å². The van der Waals surface area contributed by atoms with Crippen LogP contribution in [0.3, 0.4) is 0 Å². The van der Waals surface area contributed by atoms with Gasteiger partial charge in [0, 0.05) is 0 Å². The van der Waals surface area contributed by atoms with E-state index in [1.807, 2.05) is 0 Å². The SMILES string of the molecule is N#[N+]Nc1ccc(F)cc1.[F-]. The summed E-state index contributed by atoms with van der Waals surface area (Å²) in [4.78, 5) is 0. The molecular formula is C6H5F2N3. The van der Waals surface area contributed by atoms with Gasteiger partial charge in [-0.15, -0.1) is 0 Å². The van der Waals surface area contributed by atoms with Gasteiger partial charge in [-0.1, -0.05) is 0 Å². The van der Waals surface area contributed by atoms with Gasteiger partial charge in [0.1, 0.15) is 11.5 Å². The number of anilines is 1. The lowest BCUT2D eigenvalue weighted by molar-refractivity contribution is -0.00000289. The number of diazo groups is 1. The highest BCUT2D eigenvalue weighted by atomic mass is 19.1. The Balaban J connectivity index is 0.000001000. The van der Waals surface area contributed by atoms with E-state index in [-0.39, 0.29) is 10.5 Å². The maximum absolute atomic E-state index is 12.2. The second-order valence-electron chi connectivity index (χ2n) is 1.72. The third kappa shape index (κ3) is 2.58. The van der Waals surface area contributed by atoms with Gasteiger partial charge in [0.25, 0.3) is 5.39 Å². The molecule has 0 fully saturated rings. The Morgan fingerprint density at radius 2 is 1.82 bits per heavy atom. The molecule has 0 saturated carbocycles. The van der Waals surface area contributed by atoms with E-state index in [1.165, 1.54) is 24.3 Å². The number of hydrogen-bond donors (Lipinski definition) is 1. The molecule has 1 N–H and O–H groups in total. The molecule has 5 heteroatoms. The van der Waals surface area contributed by atoms with Crippen LogP contribution in [-0.2, 0) is 0 Å². The molecular weight excluding hydrogens is 152 g/mol. The van der Waals surface area contributed by atoms with Gasteiger partial charge in [-0.2, -0.15) is 0 Å². The second kappa shape index (κ2) is 4.17. The van der Waals surface area contributed by atoms with Crippen LogP contribution in [0.1, 0.15) is 0 Å². The molecule has 0 aliphatic heterocycles. The van der Waals surface area contributed by atoms with Crippen molar-refractivity contribution < 1.29 is 9.09 Å². The first-order valence-electron chi connectivity index (χ1n) is 2.68. The van der Waals surface area contributed by atoms with Crippen molar-refractivity contribution in [2.75, 3.05) is 5.43 Å². The maximum Gasteiger partial charge on any atom is 0.308 e. The van der Waals surface area contributed by atoms with Gasteiger partial charge < -0.3 is 4.70 Å². The van der Waals surface area contributed by atoms with Crippen LogP contribution in [0.15, 0.2) is 24.3 Å². The van der Waals surface area contributed by atoms with Gasteiger partial charge in [0.05, 0.1) is 0 Å². The van der Waals surface area contributed by atoms with Crippen LogP contribution in [0.2, 0.25) is 0 Å². The predicted molar refractivity (Wildman–Crippen MR) is 35.1 cm³/mol. The zero-order valence-corrected chi connectivity index (χ0v) is 5.46. The summed E-state index contributed by atoms with van der Waals surface area (Å²) in [6.07, 6.45) is 0. The van der Waals surface area contributed by atoms with Crippen LogP contribution < -0.4 is 10.1 Å². The van der Waals surface area contributed by atoms with E-state index in [2.05, 4.69) is 10.5 Å². The molecule has 0 spiro atoms. The van der Waals surface area contributed by atoms with Gasteiger partial charge in [0.15, 0.2) is 0 Å². The lowest BCUT2D eigenvalue weighted by Gasteiger charge is -1.86. The maximum atomic E-state index is 12.2. The summed E-state index contributed by atoms with van der Waals surface area (Å²) in [5.74, 6) is -0.316.